The second kappa shape index (κ2) is 11.4. The number of nitrogens with zero attached hydrogens (tertiary/aromatic N) is 1. The lowest BCUT2D eigenvalue weighted by Gasteiger charge is -2.33. The molecule has 1 aromatic carbocycles. The molecule has 8 nitrogen and oxygen atoms in total. The summed E-state index contributed by atoms with van der Waals surface area (Å²) in [7, 11) is -4.81. The molecule has 0 aliphatic carbocycles. The number of carbonyl (C=O) groups excluding carboxylic acids is 1. The van der Waals surface area contributed by atoms with E-state index < -0.39 is 37.6 Å². The molecule has 0 saturated heterocycles. The van der Waals surface area contributed by atoms with Crippen molar-refractivity contribution in [2.24, 2.45) is 5.92 Å². The number of nitrogens with one attached hydrogen (secondary N) is 1. The lowest BCUT2D eigenvalue weighted by Crippen LogP contribution is -2.53. The third-order valence-electron chi connectivity index (χ3n) is 5.32. The highest BCUT2D eigenvalue weighted by Crippen LogP contribution is 2.45. The summed E-state index contributed by atoms with van der Waals surface area (Å²) in [5.41, 5.74) is 2.80. The molecular formula is C23H27N2O6PS2. The monoisotopic (exact) mass is 522 g/mol. The van der Waals surface area contributed by atoms with E-state index in [-0.39, 0.29) is 13.0 Å². The van der Waals surface area contributed by atoms with Crippen molar-refractivity contribution in [3.05, 3.63) is 69.0 Å². The first-order valence-electron chi connectivity index (χ1n) is 10.6. The second-order valence-corrected chi connectivity index (χ2v) is 11.5. The Morgan fingerprint density at radius 3 is 2.26 bits per heavy atom. The van der Waals surface area contributed by atoms with Gasteiger partial charge in [-0.15, -0.1) is 11.3 Å². The van der Waals surface area contributed by atoms with Crippen molar-refractivity contribution >= 4 is 42.3 Å². The Bertz CT molecular complexity index is 1130. The maximum absolute atomic E-state index is 13.2. The fourth-order valence-electron chi connectivity index (χ4n) is 3.65. The molecule has 0 radical (unpaired) electrons. The zero-order valence-corrected chi connectivity index (χ0v) is 21.2. The van der Waals surface area contributed by atoms with Gasteiger partial charge in [0.2, 0.25) is 5.91 Å². The van der Waals surface area contributed by atoms with Crippen LogP contribution >= 0.6 is 30.4 Å². The fourth-order valence-corrected chi connectivity index (χ4v) is 6.15. The van der Waals surface area contributed by atoms with Crippen LogP contribution in [0.4, 0.5) is 0 Å². The van der Waals surface area contributed by atoms with Gasteiger partial charge in [-0.3, -0.25) is 4.79 Å². The van der Waals surface area contributed by atoms with E-state index in [1.54, 1.807) is 42.7 Å². The summed E-state index contributed by atoms with van der Waals surface area (Å²) in [4.78, 5) is 45.7. The highest BCUT2D eigenvalue weighted by Gasteiger charge is 2.40. The predicted octanol–water partition coefficient (Wildman–Crippen LogP) is 4.21. The smallest absolute Gasteiger partial charge is 0.404 e. The maximum Gasteiger partial charge on any atom is 0.404 e. The standard InChI is InChI=1S/C23H27N2O6PS2/c1-15(2)21(25(32(29,30)31)13-19-4-3-10-34-19)22(26)24-20(23(27)28)12-16-5-7-17(8-6-16)18-9-11-33-14-18/h3-11,14-15,20-21H,12-13H2,1-2H3,(H,24,26)(H,27,28)(H2,29,30,31). The number of carboxylic acids is 1. The molecule has 182 valence electrons. The molecule has 1 amide bonds. The second-order valence-electron chi connectivity index (χ2n) is 8.19. The van der Waals surface area contributed by atoms with Gasteiger partial charge in [-0.1, -0.05) is 44.2 Å². The number of hydrogen-bond acceptors (Lipinski definition) is 5. The zero-order valence-electron chi connectivity index (χ0n) is 18.7. The van der Waals surface area contributed by atoms with E-state index in [0.29, 0.717) is 4.88 Å². The van der Waals surface area contributed by atoms with Gasteiger partial charge in [-0.2, -0.15) is 16.0 Å². The van der Waals surface area contributed by atoms with Gasteiger partial charge in [0.15, 0.2) is 0 Å². The van der Waals surface area contributed by atoms with E-state index in [9.17, 15) is 29.0 Å². The SMILES string of the molecule is CC(C)C(C(=O)NC(Cc1ccc(-c2ccsc2)cc1)C(=O)O)N(Cc1cccs1)P(=O)(O)O. The van der Waals surface area contributed by atoms with Crippen LogP contribution in [0.25, 0.3) is 11.1 Å². The van der Waals surface area contributed by atoms with E-state index in [1.165, 1.54) is 11.3 Å². The molecule has 2 atom stereocenters. The van der Waals surface area contributed by atoms with Gasteiger partial charge >= 0.3 is 13.7 Å². The predicted molar refractivity (Wildman–Crippen MR) is 134 cm³/mol. The van der Waals surface area contributed by atoms with Gasteiger partial charge in [0, 0.05) is 17.8 Å². The van der Waals surface area contributed by atoms with Crippen LogP contribution in [-0.4, -0.2) is 43.5 Å². The van der Waals surface area contributed by atoms with E-state index in [0.717, 1.165) is 21.4 Å². The fraction of sp³-hybridized carbons (Fsp3) is 0.304. The average molecular weight is 523 g/mol. The Hall–Kier alpha value is -2.33. The minimum atomic E-state index is -4.81. The number of hydrogen-bond donors (Lipinski definition) is 4. The van der Waals surface area contributed by atoms with E-state index in [1.807, 2.05) is 41.1 Å². The largest absolute Gasteiger partial charge is 0.480 e. The summed E-state index contributed by atoms with van der Waals surface area (Å²) in [6, 6.07) is 10.4. The van der Waals surface area contributed by atoms with Gasteiger partial charge < -0.3 is 20.2 Å². The molecule has 0 aliphatic rings. The first-order valence-corrected chi connectivity index (χ1v) is 13.9. The number of thiophene rings is 2. The van der Waals surface area contributed by atoms with Crippen LogP contribution in [0.2, 0.25) is 0 Å². The summed E-state index contributed by atoms with van der Waals surface area (Å²) in [6.45, 7) is 3.21. The Balaban J connectivity index is 1.77. The molecule has 0 saturated carbocycles. The molecule has 2 aromatic heterocycles. The van der Waals surface area contributed by atoms with Crippen LogP contribution in [0.5, 0.6) is 0 Å². The number of benzene rings is 1. The molecule has 3 aromatic rings. The molecule has 34 heavy (non-hydrogen) atoms. The first-order chi connectivity index (χ1) is 16.1. The number of aliphatic carboxylic acids is 1. The third kappa shape index (κ3) is 6.85. The molecule has 0 aliphatic heterocycles. The zero-order chi connectivity index (χ0) is 24.9. The highest BCUT2D eigenvalue weighted by molar-refractivity contribution is 7.49. The third-order valence-corrected chi connectivity index (χ3v) is 7.92. The molecule has 2 unspecified atom stereocenters. The minimum absolute atomic E-state index is 0.0383. The lowest BCUT2D eigenvalue weighted by atomic mass is 10.00. The molecule has 2 heterocycles. The van der Waals surface area contributed by atoms with Gasteiger partial charge in [0.1, 0.15) is 12.1 Å². The van der Waals surface area contributed by atoms with Crippen molar-refractivity contribution in [3.8, 4) is 11.1 Å². The van der Waals surface area contributed by atoms with Crippen molar-refractivity contribution in [2.45, 2.75) is 38.9 Å². The van der Waals surface area contributed by atoms with E-state index in [4.69, 9.17) is 0 Å². The molecule has 11 heteroatoms. The van der Waals surface area contributed by atoms with Gasteiger partial charge in [-0.05, 0) is 50.9 Å². The van der Waals surface area contributed by atoms with Crippen LogP contribution in [0.15, 0.2) is 58.6 Å². The minimum Gasteiger partial charge on any atom is -0.480 e. The summed E-state index contributed by atoms with van der Waals surface area (Å²) < 4.78 is 13.1. The topological polar surface area (TPSA) is 127 Å². The van der Waals surface area contributed by atoms with Gasteiger partial charge in [0.05, 0.1) is 0 Å². The summed E-state index contributed by atoms with van der Waals surface area (Å²) in [5, 5.41) is 18.0. The molecular weight excluding hydrogens is 495 g/mol. The van der Waals surface area contributed by atoms with Crippen molar-refractivity contribution in [3.63, 3.8) is 0 Å². The van der Waals surface area contributed by atoms with Crippen LogP contribution < -0.4 is 5.32 Å². The molecule has 4 N–H and O–H groups in total. The number of amides is 1. The number of carbonyl (C=O) groups is 2. The normalized spacial score (nSPS) is 13.7. The van der Waals surface area contributed by atoms with Crippen LogP contribution in [0.3, 0.4) is 0 Å². The van der Waals surface area contributed by atoms with Crippen LogP contribution in [-0.2, 0) is 27.1 Å². The number of rotatable bonds is 11. The molecule has 3 rings (SSSR count). The average Bonchev–Trinajstić information content (AvgIpc) is 3.47. The summed E-state index contributed by atoms with van der Waals surface area (Å²) in [6.07, 6.45) is 0.0383. The Morgan fingerprint density at radius 1 is 1.06 bits per heavy atom. The number of carboxylic acid groups (broad SMARTS) is 1. The summed E-state index contributed by atoms with van der Waals surface area (Å²) >= 11 is 2.90. The Labute approximate surface area is 206 Å². The lowest BCUT2D eigenvalue weighted by molar-refractivity contribution is -0.142. The molecule has 0 fully saturated rings. The van der Waals surface area contributed by atoms with Crippen molar-refractivity contribution in [1.29, 1.82) is 0 Å². The quantitative estimate of drug-likeness (QED) is 0.278. The highest BCUT2D eigenvalue weighted by atomic mass is 32.1. The maximum atomic E-state index is 13.2. The van der Waals surface area contributed by atoms with E-state index in [2.05, 4.69) is 5.32 Å². The van der Waals surface area contributed by atoms with Crippen LogP contribution in [0.1, 0.15) is 24.3 Å². The molecule has 0 bridgehead atoms. The van der Waals surface area contributed by atoms with Crippen LogP contribution in [0, 0.1) is 5.92 Å². The summed E-state index contributed by atoms with van der Waals surface area (Å²) in [5.74, 6) is -2.44. The Kier molecular flexibility index (Phi) is 8.81. The Morgan fingerprint density at radius 2 is 1.76 bits per heavy atom. The van der Waals surface area contributed by atoms with Gasteiger partial charge in [0.25, 0.3) is 0 Å². The first kappa shape index (κ1) is 26.3. The molecule has 0 spiro atoms. The van der Waals surface area contributed by atoms with Crippen molar-refractivity contribution < 1.29 is 29.0 Å². The van der Waals surface area contributed by atoms with Crippen molar-refractivity contribution in [2.75, 3.05) is 0 Å². The van der Waals surface area contributed by atoms with Crippen molar-refractivity contribution in [1.82, 2.24) is 9.99 Å². The van der Waals surface area contributed by atoms with Gasteiger partial charge in [-0.25, -0.2) is 9.36 Å². The van der Waals surface area contributed by atoms with E-state index >= 15 is 0 Å².